The SMILES string of the molecule is CCC(NC(C)C(=O)NC1CC1)c1ccc(Cl)cc1Cl. The minimum Gasteiger partial charge on any atom is -0.352 e. The average Bonchev–Trinajstić information content (AvgIpc) is 3.20. The predicted octanol–water partition coefficient (Wildman–Crippen LogP) is 3.70. The maximum absolute atomic E-state index is 12.0. The zero-order valence-electron chi connectivity index (χ0n) is 11.7. The minimum atomic E-state index is -0.243. The van der Waals surface area contributed by atoms with Crippen molar-refractivity contribution in [2.45, 2.75) is 51.2 Å². The highest BCUT2D eigenvalue weighted by molar-refractivity contribution is 6.35. The molecule has 2 unspecified atom stereocenters. The van der Waals surface area contributed by atoms with Gasteiger partial charge in [-0.1, -0.05) is 36.2 Å². The molecule has 110 valence electrons. The van der Waals surface area contributed by atoms with Crippen molar-refractivity contribution in [2.75, 3.05) is 0 Å². The van der Waals surface area contributed by atoms with E-state index in [0.29, 0.717) is 16.1 Å². The number of carbonyl (C=O) groups is 1. The van der Waals surface area contributed by atoms with E-state index in [-0.39, 0.29) is 18.0 Å². The number of benzene rings is 1. The van der Waals surface area contributed by atoms with Crippen LogP contribution in [0.1, 0.15) is 44.7 Å². The second kappa shape index (κ2) is 6.79. The third kappa shape index (κ3) is 4.11. The van der Waals surface area contributed by atoms with Gasteiger partial charge in [0.25, 0.3) is 0 Å². The Kier molecular flexibility index (Phi) is 5.30. The summed E-state index contributed by atoms with van der Waals surface area (Å²) in [7, 11) is 0. The molecule has 1 aromatic carbocycles. The predicted molar refractivity (Wildman–Crippen MR) is 83.3 cm³/mol. The zero-order chi connectivity index (χ0) is 14.7. The molecule has 0 aliphatic heterocycles. The molecule has 2 N–H and O–H groups in total. The number of hydrogen-bond acceptors (Lipinski definition) is 2. The van der Waals surface area contributed by atoms with E-state index in [4.69, 9.17) is 23.2 Å². The van der Waals surface area contributed by atoms with E-state index >= 15 is 0 Å². The largest absolute Gasteiger partial charge is 0.352 e. The smallest absolute Gasteiger partial charge is 0.237 e. The maximum Gasteiger partial charge on any atom is 0.237 e. The van der Waals surface area contributed by atoms with E-state index < -0.39 is 0 Å². The van der Waals surface area contributed by atoms with Gasteiger partial charge in [0.1, 0.15) is 0 Å². The van der Waals surface area contributed by atoms with E-state index in [0.717, 1.165) is 24.8 Å². The monoisotopic (exact) mass is 314 g/mol. The Morgan fingerprint density at radius 3 is 2.65 bits per heavy atom. The van der Waals surface area contributed by atoms with Gasteiger partial charge in [0.15, 0.2) is 0 Å². The van der Waals surface area contributed by atoms with Gasteiger partial charge in [0, 0.05) is 22.1 Å². The van der Waals surface area contributed by atoms with Crippen LogP contribution in [0, 0.1) is 0 Å². The van der Waals surface area contributed by atoms with Crippen LogP contribution in [0.25, 0.3) is 0 Å². The summed E-state index contributed by atoms with van der Waals surface area (Å²) < 4.78 is 0. The van der Waals surface area contributed by atoms with Crippen molar-refractivity contribution in [1.82, 2.24) is 10.6 Å². The standard InChI is InChI=1S/C15H20Cl2N2O/c1-3-14(12-7-4-10(16)8-13(12)17)18-9(2)15(20)19-11-5-6-11/h4,7-9,11,14,18H,3,5-6H2,1-2H3,(H,19,20). The molecule has 0 heterocycles. The molecule has 1 aliphatic carbocycles. The van der Waals surface area contributed by atoms with Crippen LogP contribution in [0.3, 0.4) is 0 Å². The summed E-state index contributed by atoms with van der Waals surface area (Å²) >= 11 is 12.2. The van der Waals surface area contributed by atoms with Crippen LogP contribution < -0.4 is 10.6 Å². The molecule has 0 bridgehead atoms. The van der Waals surface area contributed by atoms with Crippen molar-refractivity contribution >= 4 is 29.1 Å². The van der Waals surface area contributed by atoms with Crippen molar-refractivity contribution in [2.24, 2.45) is 0 Å². The van der Waals surface area contributed by atoms with Gasteiger partial charge in [-0.05, 0) is 43.9 Å². The summed E-state index contributed by atoms with van der Waals surface area (Å²) in [5.74, 6) is 0.0519. The molecule has 1 fully saturated rings. The first-order valence-electron chi connectivity index (χ1n) is 7.02. The van der Waals surface area contributed by atoms with Gasteiger partial charge in [-0.25, -0.2) is 0 Å². The summed E-state index contributed by atoms with van der Waals surface area (Å²) in [6, 6.07) is 5.65. The molecule has 3 nitrogen and oxygen atoms in total. The molecule has 0 aromatic heterocycles. The Morgan fingerprint density at radius 1 is 1.40 bits per heavy atom. The first-order valence-corrected chi connectivity index (χ1v) is 7.78. The molecule has 1 saturated carbocycles. The van der Waals surface area contributed by atoms with E-state index in [2.05, 4.69) is 17.6 Å². The van der Waals surface area contributed by atoms with Gasteiger partial charge in [-0.3, -0.25) is 10.1 Å². The van der Waals surface area contributed by atoms with Crippen molar-refractivity contribution in [1.29, 1.82) is 0 Å². The number of amides is 1. The lowest BCUT2D eigenvalue weighted by atomic mass is 10.0. The lowest BCUT2D eigenvalue weighted by Gasteiger charge is -2.23. The summed E-state index contributed by atoms with van der Waals surface area (Å²) in [4.78, 5) is 12.0. The van der Waals surface area contributed by atoms with Crippen LogP contribution in [0.15, 0.2) is 18.2 Å². The maximum atomic E-state index is 12.0. The Balaban J connectivity index is 2.01. The Bertz CT molecular complexity index is 489. The highest BCUT2D eigenvalue weighted by Crippen LogP contribution is 2.28. The third-order valence-electron chi connectivity index (χ3n) is 3.51. The Labute approximate surface area is 130 Å². The van der Waals surface area contributed by atoms with Crippen molar-refractivity contribution in [3.05, 3.63) is 33.8 Å². The molecule has 0 radical (unpaired) electrons. The first-order chi connectivity index (χ1) is 9.51. The van der Waals surface area contributed by atoms with Crippen LogP contribution in [0.4, 0.5) is 0 Å². The van der Waals surface area contributed by atoms with E-state index in [1.165, 1.54) is 0 Å². The highest BCUT2D eigenvalue weighted by atomic mass is 35.5. The lowest BCUT2D eigenvalue weighted by Crippen LogP contribution is -2.44. The molecule has 1 amide bonds. The number of halogens is 2. The summed E-state index contributed by atoms with van der Waals surface area (Å²) in [6.07, 6.45) is 3.04. The van der Waals surface area contributed by atoms with Crippen molar-refractivity contribution in [3.63, 3.8) is 0 Å². The van der Waals surface area contributed by atoms with E-state index in [1.54, 1.807) is 6.07 Å². The fourth-order valence-corrected chi connectivity index (χ4v) is 2.68. The van der Waals surface area contributed by atoms with Crippen LogP contribution in [-0.2, 0) is 4.79 Å². The molecular formula is C15H20Cl2N2O. The molecule has 20 heavy (non-hydrogen) atoms. The summed E-state index contributed by atoms with van der Waals surface area (Å²) in [5, 5.41) is 7.59. The topological polar surface area (TPSA) is 41.1 Å². The van der Waals surface area contributed by atoms with Crippen LogP contribution in [0.5, 0.6) is 0 Å². The minimum absolute atomic E-state index is 0.0414. The van der Waals surface area contributed by atoms with Crippen molar-refractivity contribution < 1.29 is 4.79 Å². The first kappa shape index (κ1) is 15.6. The normalized spacial score (nSPS) is 17.6. The molecule has 1 aromatic rings. The van der Waals surface area contributed by atoms with Gasteiger partial charge >= 0.3 is 0 Å². The number of nitrogens with one attached hydrogen (secondary N) is 2. The molecule has 2 rings (SSSR count). The average molecular weight is 315 g/mol. The van der Waals surface area contributed by atoms with Crippen molar-refractivity contribution in [3.8, 4) is 0 Å². The molecular weight excluding hydrogens is 295 g/mol. The quantitative estimate of drug-likeness (QED) is 0.840. The summed E-state index contributed by atoms with van der Waals surface area (Å²) in [5.41, 5.74) is 0.977. The Hall–Kier alpha value is -0.770. The molecule has 1 aliphatic rings. The fourth-order valence-electron chi connectivity index (χ4n) is 2.14. The van der Waals surface area contributed by atoms with E-state index in [9.17, 15) is 4.79 Å². The van der Waals surface area contributed by atoms with Gasteiger partial charge in [-0.15, -0.1) is 0 Å². The van der Waals surface area contributed by atoms with Gasteiger partial charge in [0.2, 0.25) is 5.91 Å². The number of carbonyl (C=O) groups excluding carboxylic acids is 1. The van der Waals surface area contributed by atoms with Gasteiger partial charge in [-0.2, -0.15) is 0 Å². The molecule has 5 heteroatoms. The second-order valence-corrected chi connectivity index (χ2v) is 6.14. The van der Waals surface area contributed by atoms with Gasteiger partial charge < -0.3 is 5.32 Å². The number of rotatable bonds is 6. The second-order valence-electron chi connectivity index (χ2n) is 5.30. The van der Waals surface area contributed by atoms with Crippen LogP contribution >= 0.6 is 23.2 Å². The number of hydrogen-bond donors (Lipinski definition) is 2. The zero-order valence-corrected chi connectivity index (χ0v) is 13.3. The lowest BCUT2D eigenvalue weighted by molar-refractivity contribution is -0.123. The summed E-state index contributed by atoms with van der Waals surface area (Å²) in [6.45, 7) is 3.94. The highest BCUT2D eigenvalue weighted by Gasteiger charge is 2.26. The molecule has 0 saturated heterocycles. The van der Waals surface area contributed by atoms with Gasteiger partial charge in [0.05, 0.1) is 6.04 Å². The fraction of sp³-hybridized carbons (Fsp3) is 0.533. The van der Waals surface area contributed by atoms with Crippen LogP contribution in [-0.4, -0.2) is 18.0 Å². The Morgan fingerprint density at radius 2 is 2.10 bits per heavy atom. The molecule has 0 spiro atoms. The van der Waals surface area contributed by atoms with Crippen LogP contribution in [0.2, 0.25) is 10.0 Å². The molecule has 2 atom stereocenters. The third-order valence-corrected chi connectivity index (χ3v) is 4.08. The van der Waals surface area contributed by atoms with E-state index in [1.807, 2.05) is 19.1 Å².